The molecule has 5 aliphatic rings. The number of aliphatic carboxylic acids is 1. The van der Waals surface area contributed by atoms with Crippen molar-refractivity contribution in [2.75, 3.05) is 26.2 Å². The molecule has 0 radical (unpaired) electrons. The molecule has 18 heteroatoms. The molecule has 0 bridgehead atoms. The number of carboxylic acids is 1. The molecule has 1 aromatic rings. The maximum atomic E-state index is 13.6. The summed E-state index contributed by atoms with van der Waals surface area (Å²) in [5.74, 6) is -2.62. The molecule has 5 heterocycles. The summed E-state index contributed by atoms with van der Waals surface area (Å²) in [6.07, 6.45) is 3.15. The van der Waals surface area contributed by atoms with Gasteiger partial charge in [-0.1, -0.05) is 6.92 Å². The minimum atomic E-state index is -1.18. The van der Waals surface area contributed by atoms with Gasteiger partial charge < -0.3 is 42.1 Å². The van der Waals surface area contributed by atoms with Crippen LogP contribution < -0.4 is 22.1 Å². The van der Waals surface area contributed by atoms with Crippen LogP contribution in [0, 0.1) is 23.2 Å². The number of rotatable bonds is 10. The topological polar surface area (TPSA) is 247 Å². The van der Waals surface area contributed by atoms with Gasteiger partial charge in [0.15, 0.2) is 5.96 Å². The van der Waals surface area contributed by atoms with Crippen LogP contribution in [0.4, 0.5) is 0 Å². The number of thioether (sulfide) groups is 1. The lowest BCUT2D eigenvalue weighted by Crippen LogP contribution is -2.66. The molecule has 3 saturated heterocycles. The Morgan fingerprint density at radius 1 is 1.31 bits per heavy atom. The molecule has 1 aromatic heterocycles. The number of likely N-dealkylation sites (tertiary alicyclic amines) is 1. The normalized spacial score (nSPS) is 34.4. The highest BCUT2D eigenvalue weighted by molar-refractivity contribution is 8.03. The van der Waals surface area contributed by atoms with E-state index in [0.29, 0.717) is 43.8 Å². The van der Waals surface area contributed by atoms with Gasteiger partial charge in [-0.05, 0) is 42.5 Å². The molecule has 244 valence electrons. The van der Waals surface area contributed by atoms with Crippen LogP contribution >= 0.6 is 11.8 Å². The number of amides is 3. The summed E-state index contributed by atoms with van der Waals surface area (Å²) in [4.78, 5) is 59.8. The van der Waals surface area contributed by atoms with E-state index in [1.807, 2.05) is 11.8 Å². The van der Waals surface area contributed by atoms with Crippen molar-refractivity contribution >= 4 is 41.4 Å². The highest BCUT2D eigenvalue weighted by atomic mass is 32.2. The summed E-state index contributed by atoms with van der Waals surface area (Å²) in [5, 5.41) is 37.2. The van der Waals surface area contributed by atoms with Gasteiger partial charge in [-0.2, -0.15) is 0 Å². The number of nitrogens with zero attached hydrogens (tertiary/aromatic N) is 7. The minimum Gasteiger partial charge on any atom is -0.477 e. The van der Waals surface area contributed by atoms with Crippen LogP contribution in [0.3, 0.4) is 0 Å². The standard InChI is InChI=1S/C27H39N11O6S/c1-12-20-19(13(2)32-18(40)8-37-11-31-34-35-37)24(42)38(20)21(25(43)44)22(12)45-16-4-17(30-6-16)23(41)36-7-14-3-15(33-26(28)29)5-27(14,9-36)10-39/h11-17,19-20,30,39H,3-10H2,1-2H3,(H,32,40)(H,43,44)(H4,28,29,33)/t12-,13-,14?,15-,16+,17+,19-,20-,27-/m1/s1. The molecule has 45 heavy (non-hydrogen) atoms. The van der Waals surface area contributed by atoms with E-state index in [9.17, 15) is 29.4 Å². The predicted molar refractivity (Wildman–Crippen MR) is 160 cm³/mol. The fraction of sp³-hybridized carbons (Fsp3) is 0.704. The maximum absolute atomic E-state index is 13.6. The number of nitrogens with one attached hydrogen (secondary N) is 2. The van der Waals surface area contributed by atoms with Crippen molar-refractivity contribution in [2.24, 2.45) is 39.6 Å². The molecular weight excluding hydrogens is 606 g/mol. The summed E-state index contributed by atoms with van der Waals surface area (Å²) < 4.78 is 1.27. The Morgan fingerprint density at radius 3 is 2.73 bits per heavy atom. The summed E-state index contributed by atoms with van der Waals surface area (Å²) in [5.41, 5.74) is 10.7. The molecule has 8 N–H and O–H groups in total. The Bertz CT molecular complexity index is 1430. The zero-order valence-corrected chi connectivity index (χ0v) is 25.9. The molecule has 6 rings (SSSR count). The fourth-order valence-electron chi connectivity index (χ4n) is 8.06. The molecular formula is C27H39N11O6S. The lowest BCUT2D eigenvalue weighted by molar-refractivity contribution is -0.158. The number of guanidine groups is 1. The third-order valence-corrected chi connectivity index (χ3v) is 11.6. The van der Waals surface area contributed by atoms with Crippen LogP contribution in [0.2, 0.25) is 0 Å². The highest BCUT2D eigenvalue weighted by Gasteiger charge is 2.61. The lowest BCUT2D eigenvalue weighted by atomic mass is 9.78. The number of carboxylic acid groups (broad SMARTS) is 1. The Kier molecular flexibility index (Phi) is 8.23. The van der Waals surface area contributed by atoms with Crippen LogP contribution in [0.25, 0.3) is 0 Å². The fourth-order valence-corrected chi connectivity index (χ4v) is 9.54. The van der Waals surface area contributed by atoms with Gasteiger partial charge in [0, 0.05) is 47.2 Å². The van der Waals surface area contributed by atoms with Gasteiger partial charge in [-0.25, -0.2) is 9.48 Å². The van der Waals surface area contributed by atoms with Crippen molar-refractivity contribution in [3.8, 4) is 0 Å². The molecule has 4 fully saturated rings. The number of hydrogen-bond acceptors (Lipinski definition) is 11. The van der Waals surface area contributed by atoms with E-state index >= 15 is 0 Å². The molecule has 3 amide bonds. The Morgan fingerprint density at radius 2 is 2.09 bits per heavy atom. The first-order valence-electron chi connectivity index (χ1n) is 15.1. The molecule has 0 aromatic carbocycles. The van der Waals surface area contributed by atoms with Crippen LogP contribution in [0.15, 0.2) is 21.9 Å². The predicted octanol–water partition coefficient (Wildman–Crippen LogP) is -2.71. The van der Waals surface area contributed by atoms with E-state index in [0.717, 1.165) is 0 Å². The van der Waals surface area contributed by atoms with E-state index in [1.54, 1.807) is 6.92 Å². The number of aromatic nitrogens is 4. The SMILES string of the molecule is C[C@@H](NC(=O)Cn1cnnn1)[C@H]1C(=O)N2C(C(=O)O)=C(S[C@@H]3CN[C@H](C(=O)N4CC5C[C@@H](N=C(N)N)C[C@]5(CO)C4)C3)[C@H](C)[C@H]12. The van der Waals surface area contributed by atoms with Crippen molar-refractivity contribution in [3.05, 3.63) is 16.9 Å². The maximum Gasteiger partial charge on any atom is 0.353 e. The average Bonchev–Trinajstić information content (AvgIpc) is 3.78. The van der Waals surface area contributed by atoms with Gasteiger partial charge in [-0.15, -0.1) is 16.9 Å². The summed E-state index contributed by atoms with van der Waals surface area (Å²) >= 11 is 1.41. The molecule has 1 aliphatic carbocycles. The first kappa shape index (κ1) is 31.2. The highest BCUT2D eigenvalue weighted by Crippen LogP contribution is 2.52. The first-order chi connectivity index (χ1) is 21.4. The number of tetrazole rings is 1. The van der Waals surface area contributed by atoms with E-state index in [2.05, 4.69) is 31.2 Å². The monoisotopic (exact) mass is 645 g/mol. The summed E-state index contributed by atoms with van der Waals surface area (Å²) in [6, 6.07) is -1.42. The third kappa shape index (κ3) is 5.52. The molecule has 1 unspecified atom stereocenters. The minimum absolute atomic E-state index is 0.0201. The Hall–Kier alpha value is -3.77. The van der Waals surface area contributed by atoms with Crippen molar-refractivity contribution in [3.63, 3.8) is 0 Å². The number of aliphatic imine (C=N–C) groups is 1. The van der Waals surface area contributed by atoms with Crippen molar-refractivity contribution < 1.29 is 29.4 Å². The number of carbonyl (C=O) groups is 4. The second-order valence-corrected chi connectivity index (χ2v) is 14.3. The number of carbonyl (C=O) groups excluding carboxylic acids is 3. The second-order valence-electron chi connectivity index (χ2n) is 12.9. The smallest absolute Gasteiger partial charge is 0.353 e. The quantitative estimate of drug-likeness (QED) is 0.0862. The number of hydrogen-bond donors (Lipinski definition) is 6. The van der Waals surface area contributed by atoms with Crippen molar-refractivity contribution in [1.82, 2.24) is 40.6 Å². The molecule has 4 aliphatic heterocycles. The zero-order chi connectivity index (χ0) is 32.2. The first-order valence-corrected chi connectivity index (χ1v) is 16.0. The van der Waals surface area contributed by atoms with Gasteiger partial charge in [0.1, 0.15) is 18.6 Å². The molecule has 0 spiro atoms. The average molecular weight is 646 g/mol. The number of aliphatic hydroxyl groups is 1. The Labute approximate surface area is 263 Å². The zero-order valence-electron chi connectivity index (χ0n) is 25.1. The van der Waals surface area contributed by atoms with Gasteiger partial charge in [0.05, 0.1) is 30.7 Å². The lowest BCUT2D eigenvalue weighted by Gasteiger charge is -2.47. The summed E-state index contributed by atoms with van der Waals surface area (Å²) in [7, 11) is 0. The number of aliphatic hydroxyl groups excluding tert-OH is 1. The van der Waals surface area contributed by atoms with Crippen LogP contribution in [-0.2, 0) is 25.7 Å². The van der Waals surface area contributed by atoms with Crippen LogP contribution in [0.1, 0.15) is 33.1 Å². The van der Waals surface area contributed by atoms with Crippen molar-refractivity contribution in [1.29, 1.82) is 0 Å². The molecule has 17 nitrogen and oxygen atoms in total. The van der Waals surface area contributed by atoms with E-state index in [-0.39, 0.29) is 65.7 Å². The van der Waals surface area contributed by atoms with Gasteiger partial charge >= 0.3 is 5.97 Å². The van der Waals surface area contributed by atoms with Crippen LogP contribution in [-0.4, -0.2) is 126 Å². The third-order valence-electron chi connectivity index (χ3n) is 10.1. The van der Waals surface area contributed by atoms with Gasteiger partial charge in [-0.3, -0.25) is 19.4 Å². The second kappa shape index (κ2) is 11.9. The van der Waals surface area contributed by atoms with Gasteiger partial charge in [0.25, 0.3) is 0 Å². The summed E-state index contributed by atoms with van der Waals surface area (Å²) in [6.45, 7) is 4.97. The molecule has 1 saturated carbocycles. The van der Waals surface area contributed by atoms with Crippen molar-refractivity contribution in [2.45, 2.75) is 69.1 Å². The van der Waals surface area contributed by atoms with E-state index in [4.69, 9.17) is 11.5 Å². The largest absolute Gasteiger partial charge is 0.477 e. The number of β-lactam (4-membered cyclic amide) rings is 1. The van der Waals surface area contributed by atoms with Gasteiger partial charge in [0.2, 0.25) is 17.7 Å². The number of nitrogens with two attached hydrogens (primary N) is 2. The Balaban J connectivity index is 1.07. The van der Waals surface area contributed by atoms with E-state index in [1.165, 1.54) is 27.7 Å². The van der Waals surface area contributed by atoms with E-state index < -0.39 is 35.4 Å². The van der Waals surface area contributed by atoms with Crippen LogP contribution in [0.5, 0.6) is 0 Å². The number of fused-ring (bicyclic) bond motifs is 2. The molecule has 9 atom stereocenters.